The van der Waals surface area contributed by atoms with E-state index in [0.717, 1.165) is 0 Å². The first-order valence-corrected chi connectivity index (χ1v) is 5.57. The average Bonchev–Trinajstić information content (AvgIpc) is 2.88. The van der Waals surface area contributed by atoms with Gasteiger partial charge in [-0.15, -0.1) is 5.10 Å². The highest BCUT2D eigenvalue weighted by atomic mass is 16.6. The number of hydrogen-bond acceptors (Lipinski definition) is 6. The number of aromatic nitrogens is 3. The molecule has 0 unspecified atom stereocenters. The molecule has 1 aromatic carbocycles. The van der Waals surface area contributed by atoms with Crippen LogP contribution in [0, 0.1) is 10.1 Å². The molecule has 2 aromatic rings. The van der Waals surface area contributed by atoms with Crippen LogP contribution in [0.25, 0.3) is 0 Å². The molecule has 1 N–H and O–H groups in total. The van der Waals surface area contributed by atoms with Crippen molar-refractivity contribution in [2.75, 3.05) is 6.61 Å². The SMILES string of the molecule is O=C(O)c1cn(CCOc2cccc([N+](=O)[O-])c2)nn1. The molecule has 0 atom stereocenters. The molecule has 0 bridgehead atoms. The highest BCUT2D eigenvalue weighted by molar-refractivity contribution is 5.84. The number of nitrogens with zero attached hydrogens (tertiary/aromatic N) is 4. The van der Waals surface area contributed by atoms with Crippen molar-refractivity contribution < 1.29 is 19.6 Å². The van der Waals surface area contributed by atoms with Crippen LogP contribution in [0.4, 0.5) is 5.69 Å². The Morgan fingerprint density at radius 3 is 2.95 bits per heavy atom. The van der Waals surface area contributed by atoms with Gasteiger partial charge in [0, 0.05) is 6.07 Å². The van der Waals surface area contributed by atoms with Crippen LogP contribution < -0.4 is 4.74 Å². The maximum atomic E-state index is 10.6. The first kappa shape index (κ1) is 13.5. The second kappa shape index (κ2) is 5.78. The van der Waals surface area contributed by atoms with Crippen molar-refractivity contribution in [2.24, 2.45) is 0 Å². The normalized spacial score (nSPS) is 10.2. The number of non-ortho nitro benzene ring substituents is 1. The predicted molar refractivity (Wildman–Crippen MR) is 65.6 cm³/mol. The number of aromatic carboxylic acids is 1. The van der Waals surface area contributed by atoms with Crippen LogP contribution in [0.1, 0.15) is 10.5 Å². The third-order valence-electron chi connectivity index (χ3n) is 2.38. The van der Waals surface area contributed by atoms with Crippen molar-refractivity contribution in [1.82, 2.24) is 15.0 Å². The van der Waals surface area contributed by atoms with Gasteiger partial charge in [-0.25, -0.2) is 9.48 Å². The zero-order chi connectivity index (χ0) is 14.5. The van der Waals surface area contributed by atoms with Crippen LogP contribution >= 0.6 is 0 Å². The van der Waals surface area contributed by atoms with Crippen molar-refractivity contribution in [3.8, 4) is 5.75 Å². The number of carboxylic acid groups (broad SMARTS) is 1. The van der Waals surface area contributed by atoms with E-state index in [4.69, 9.17) is 9.84 Å². The van der Waals surface area contributed by atoms with Crippen molar-refractivity contribution in [1.29, 1.82) is 0 Å². The van der Waals surface area contributed by atoms with E-state index in [0.29, 0.717) is 5.75 Å². The molecule has 1 aromatic heterocycles. The Kier molecular flexibility index (Phi) is 3.89. The summed E-state index contributed by atoms with van der Waals surface area (Å²) in [6.45, 7) is 0.465. The third-order valence-corrected chi connectivity index (χ3v) is 2.38. The van der Waals surface area contributed by atoms with Crippen LogP contribution in [-0.2, 0) is 6.54 Å². The summed E-state index contributed by atoms with van der Waals surface area (Å²) in [6, 6.07) is 5.79. The molecule has 0 spiro atoms. The third kappa shape index (κ3) is 3.28. The number of ether oxygens (including phenoxy) is 1. The van der Waals surface area contributed by atoms with E-state index in [2.05, 4.69) is 10.3 Å². The van der Waals surface area contributed by atoms with E-state index in [1.54, 1.807) is 6.07 Å². The molecule has 9 heteroatoms. The monoisotopic (exact) mass is 278 g/mol. The van der Waals surface area contributed by atoms with Gasteiger partial charge in [-0.2, -0.15) is 0 Å². The second-order valence-electron chi connectivity index (χ2n) is 3.77. The highest BCUT2D eigenvalue weighted by Gasteiger charge is 2.09. The Balaban J connectivity index is 1.90. The molecule has 104 valence electrons. The van der Waals surface area contributed by atoms with E-state index in [1.807, 2.05) is 0 Å². The number of hydrogen-bond donors (Lipinski definition) is 1. The van der Waals surface area contributed by atoms with E-state index in [9.17, 15) is 14.9 Å². The van der Waals surface area contributed by atoms with Crippen LogP contribution in [0.5, 0.6) is 5.75 Å². The summed E-state index contributed by atoms with van der Waals surface area (Å²) in [7, 11) is 0. The molecular formula is C11H10N4O5. The minimum atomic E-state index is -1.16. The molecule has 0 aliphatic carbocycles. The standard InChI is InChI=1S/C11H10N4O5/c16-11(17)10-7-14(13-12-10)4-5-20-9-3-1-2-8(6-9)15(18)19/h1-3,6-7H,4-5H2,(H,16,17). The van der Waals surface area contributed by atoms with E-state index in [-0.39, 0.29) is 24.5 Å². The lowest BCUT2D eigenvalue weighted by Crippen LogP contribution is -2.09. The minimum Gasteiger partial charge on any atom is -0.491 e. The quantitative estimate of drug-likeness (QED) is 0.617. The van der Waals surface area contributed by atoms with Crippen molar-refractivity contribution in [2.45, 2.75) is 6.54 Å². The van der Waals surface area contributed by atoms with Crippen molar-refractivity contribution >= 4 is 11.7 Å². The Morgan fingerprint density at radius 2 is 2.30 bits per heavy atom. The number of nitro benzene ring substituents is 1. The molecule has 0 saturated heterocycles. The number of carboxylic acids is 1. The molecule has 0 aliphatic rings. The van der Waals surface area contributed by atoms with Gasteiger partial charge in [0.05, 0.1) is 23.7 Å². The fourth-order valence-electron chi connectivity index (χ4n) is 1.45. The minimum absolute atomic E-state index is 0.0589. The van der Waals surface area contributed by atoms with Gasteiger partial charge in [0.2, 0.25) is 0 Å². The molecule has 1 heterocycles. The fourth-order valence-corrected chi connectivity index (χ4v) is 1.45. The number of benzene rings is 1. The van der Waals surface area contributed by atoms with Crippen LogP contribution in [0.2, 0.25) is 0 Å². The lowest BCUT2D eigenvalue weighted by atomic mass is 10.3. The summed E-state index contributed by atoms with van der Waals surface area (Å²) in [5, 5.41) is 26.3. The Morgan fingerprint density at radius 1 is 1.50 bits per heavy atom. The van der Waals surface area contributed by atoms with Crippen LogP contribution in [0.15, 0.2) is 30.5 Å². The Hall–Kier alpha value is -2.97. The summed E-state index contributed by atoms with van der Waals surface area (Å²) in [5.41, 5.74) is -0.211. The van der Waals surface area contributed by atoms with Gasteiger partial charge < -0.3 is 9.84 Å². The van der Waals surface area contributed by atoms with Gasteiger partial charge in [-0.1, -0.05) is 11.3 Å². The van der Waals surface area contributed by atoms with Gasteiger partial charge >= 0.3 is 5.97 Å². The van der Waals surface area contributed by atoms with E-state index >= 15 is 0 Å². The number of nitro groups is 1. The van der Waals surface area contributed by atoms with Crippen LogP contribution in [0.3, 0.4) is 0 Å². The predicted octanol–water partition coefficient (Wildman–Crippen LogP) is 0.963. The van der Waals surface area contributed by atoms with Crippen molar-refractivity contribution in [3.05, 3.63) is 46.3 Å². The summed E-state index contributed by atoms with van der Waals surface area (Å²) in [4.78, 5) is 20.7. The Bertz CT molecular complexity index is 639. The topological polar surface area (TPSA) is 120 Å². The van der Waals surface area contributed by atoms with Gasteiger partial charge in [0.15, 0.2) is 5.69 Å². The molecule has 9 nitrogen and oxygen atoms in total. The van der Waals surface area contributed by atoms with Gasteiger partial charge in [0.1, 0.15) is 12.4 Å². The molecule has 0 radical (unpaired) electrons. The maximum absolute atomic E-state index is 10.6. The van der Waals surface area contributed by atoms with Gasteiger partial charge in [-0.05, 0) is 6.07 Å². The summed E-state index contributed by atoms with van der Waals surface area (Å²) in [6.07, 6.45) is 1.28. The van der Waals surface area contributed by atoms with Gasteiger partial charge in [0.25, 0.3) is 5.69 Å². The molecule has 20 heavy (non-hydrogen) atoms. The maximum Gasteiger partial charge on any atom is 0.358 e. The molecule has 0 aliphatic heterocycles. The molecular weight excluding hydrogens is 268 g/mol. The second-order valence-corrected chi connectivity index (χ2v) is 3.77. The van der Waals surface area contributed by atoms with E-state index in [1.165, 1.54) is 29.1 Å². The summed E-state index contributed by atoms with van der Waals surface area (Å²) >= 11 is 0. The number of rotatable bonds is 6. The smallest absolute Gasteiger partial charge is 0.358 e. The highest BCUT2D eigenvalue weighted by Crippen LogP contribution is 2.18. The lowest BCUT2D eigenvalue weighted by molar-refractivity contribution is -0.384. The Labute approximate surface area is 112 Å². The molecule has 0 fully saturated rings. The molecule has 2 rings (SSSR count). The van der Waals surface area contributed by atoms with Crippen molar-refractivity contribution in [3.63, 3.8) is 0 Å². The van der Waals surface area contributed by atoms with E-state index < -0.39 is 10.9 Å². The number of carbonyl (C=O) groups is 1. The first-order valence-electron chi connectivity index (χ1n) is 5.57. The molecule has 0 saturated carbocycles. The largest absolute Gasteiger partial charge is 0.491 e. The molecule has 0 amide bonds. The lowest BCUT2D eigenvalue weighted by Gasteiger charge is -2.05. The zero-order valence-electron chi connectivity index (χ0n) is 10.2. The van der Waals surface area contributed by atoms with Gasteiger partial charge in [-0.3, -0.25) is 10.1 Å². The zero-order valence-corrected chi connectivity index (χ0v) is 10.2. The summed E-state index contributed by atoms with van der Waals surface area (Å²) < 4.78 is 6.65. The van der Waals surface area contributed by atoms with Crippen LogP contribution in [-0.4, -0.2) is 37.6 Å². The first-order chi connectivity index (χ1) is 9.56. The summed E-state index contributed by atoms with van der Waals surface area (Å²) in [5.74, 6) is -0.798. The average molecular weight is 278 g/mol. The fraction of sp³-hybridized carbons (Fsp3) is 0.182.